The van der Waals surface area contributed by atoms with Crippen LogP contribution in [0.4, 0.5) is 17.5 Å². The Bertz CT molecular complexity index is 820. The van der Waals surface area contributed by atoms with Crippen LogP contribution in [-0.4, -0.2) is 9.97 Å². The molecule has 2 heterocycles. The second-order valence-electron chi connectivity index (χ2n) is 4.05. The van der Waals surface area contributed by atoms with Crippen LogP contribution in [0, 0.1) is 0 Å². The number of anilines is 3. The van der Waals surface area contributed by atoms with Gasteiger partial charge in [0.05, 0.1) is 26.1 Å². The predicted molar refractivity (Wildman–Crippen MR) is 90.0 cm³/mol. The first-order valence-corrected chi connectivity index (χ1v) is 7.73. The molecule has 0 fully saturated rings. The normalized spacial score (nSPS) is 10.9. The zero-order valence-electron chi connectivity index (χ0n) is 10.3. The van der Waals surface area contributed by atoms with Gasteiger partial charge in [-0.15, -0.1) is 11.3 Å². The molecule has 1 aromatic carbocycles. The number of hydrogen-bond acceptors (Lipinski definition) is 6. The number of thiophene rings is 1. The standard InChI is InChI=1S/C12H8Cl3N5S/c13-6-3-8(15)9(4-7(6)14)17-10-5-1-2-21-11(5)19-12(18-10)20-16/h1-4H,16H2,(H2,17,18,19,20). The van der Waals surface area contributed by atoms with E-state index >= 15 is 0 Å². The first-order valence-electron chi connectivity index (χ1n) is 5.72. The Kier molecular flexibility index (Phi) is 4.05. The summed E-state index contributed by atoms with van der Waals surface area (Å²) in [5.41, 5.74) is 3.03. The van der Waals surface area contributed by atoms with Crippen LogP contribution in [0.3, 0.4) is 0 Å². The summed E-state index contributed by atoms with van der Waals surface area (Å²) < 4.78 is 0. The quantitative estimate of drug-likeness (QED) is 0.359. The molecule has 0 amide bonds. The average molecular weight is 361 g/mol. The van der Waals surface area contributed by atoms with Crippen molar-refractivity contribution in [1.82, 2.24) is 9.97 Å². The Morgan fingerprint density at radius 1 is 1.05 bits per heavy atom. The third-order valence-corrected chi connectivity index (χ3v) is 4.56. The van der Waals surface area contributed by atoms with Crippen molar-refractivity contribution >= 4 is 73.8 Å². The molecule has 0 aliphatic carbocycles. The van der Waals surface area contributed by atoms with E-state index in [1.54, 1.807) is 12.1 Å². The molecular weight excluding hydrogens is 353 g/mol. The van der Waals surface area contributed by atoms with Gasteiger partial charge in [-0.2, -0.15) is 4.98 Å². The Labute approximate surface area is 139 Å². The molecule has 108 valence electrons. The van der Waals surface area contributed by atoms with Crippen molar-refractivity contribution in [3.63, 3.8) is 0 Å². The van der Waals surface area contributed by atoms with Crippen LogP contribution in [0.1, 0.15) is 0 Å². The molecule has 0 bridgehead atoms. The zero-order valence-corrected chi connectivity index (χ0v) is 13.4. The third kappa shape index (κ3) is 2.86. The molecule has 4 N–H and O–H groups in total. The van der Waals surface area contributed by atoms with Gasteiger partial charge in [-0.25, -0.2) is 10.8 Å². The largest absolute Gasteiger partial charge is 0.338 e. The van der Waals surface area contributed by atoms with Crippen molar-refractivity contribution in [2.45, 2.75) is 0 Å². The van der Waals surface area contributed by atoms with Gasteiger partial charge in [0.15, 0.2) is 0 Å². The number of hydrazine groups is 1. The molecule has 5 nitrogen and oxygen atoms in total. The van der Waals surface area contributed by atoms with Crippen LogP contribution in [0.15, 0.2) is 23.6 Å². The second kappa shape index (κ2) is 5.82. The maximum absolute atomic E-state index is 6.16. The fourth-order valence-electron chi connectivity index (χ4n) is 1.76. The van der Waals surface area contributed by atoms with E-state index in [1.165, 1.54) is 11.3 Å². The van der Waals surface area contributed by atoms with E-state index in [0.29, 0.717) is 32.5 Å². The van der Waals surface area contributed by atoms with Crippen molar-refractivity contribution in [3.05, 3.63) is 38.6 Å². The van der Waals surface area contributed by atoms with Crippen molar-refractivity contribution in [3.8, 4) is 0 Å². The second-order valence-corrected chi connectivity index (χ2v) is 6.17. The molecule has 21 heavy (non-hydrogen) atoms. The summed E-state index contributed by atoms with van der Waals surface area (Å²) in [6.07, 6.45) is 0. The Morgan fingerprint density at radius 2 is 1.81 bits per heavy atom. The summed E-state index contributed by atoms with van der Waals surface area (Å²) in [6, 6.07) is 5.12. The van der Waals surface area contributed by atoms with Gasteiger partial charge in [0.1, 0.15) is 10.6 Å². The van der Waals surface area contributed by atoms with E-state index in [2.05, 4.69) is 20.7 Å². The Balaban J connectivity index is 2.09. The smallest absolute Gasteiger partial charge is 0.240 e. The molecular formula is C12H8Cl3N5S. The molecule has 0 saturated carbocycles. The fraction of sp³-hybridized carbons (Fsp3) is 0. The van der Waals surface area contributed by atoms with Crippen LogP contribution in [0.25, 0.3) is 10.2 Å². The van der Waals surface area contributed by atoms with Crippen molar-refractivity contribution in [2.75, 3.05) is 10.7 Å². The lowest BCUT2D eigenvalue weighted by Gasteiger charge is -2.11. The maximum atomic E-state index is 6.16. The molecule has 0 atom stereocenters. The first kappa shape index (κ1) is 14.6. The van der Waals surface area contributed by atoms with Gasteiger partial charge in [-0.05, 0) is 23.6 Å². The SMILES string of the molecule is NNc1nc(Nc2cc(Cl)c(Cl)cc2Cl)c2ccsc2n1. The molecule has 3 rings (SSSR count). The predicted octanol–water partition coefficient (Wildman–Crippen LogP) is 4.68. The number of nitrogens with two attached hydrogens (primary N) is 1. The number of fused-ring (bicyclic) bond motifs is 1. The number of rotatable bonds is 3. The van der Waals surface area contributed by atoms with Gasteiger partial charge in [-0.1, -0.05) is 34.8 Å². The van der Waals surface area contributed by atoms with Gasteiger partial charge in [-0.3, -0.25) is 5.43 Å². The van der Waals surface area contributed by atoms with Gasteiger partial charge in [0, 0.05) is 0 Å². The summed E-state index contributed by atoms with van der Waals surface area (Å²) >= 11 is 19.6. The summed E-state index contributed by atoms with van der Waals surface area (Å²) in [7, 11) is 0. The summed E-state index contributed by atoms with van der Waals surface area (Å²) in [6.45, 7) is 0. The average Bonchev–Trinajstić information content (AvgIpc) is 2.93. The Morgan fingerprint density at radius 3 is 2.57 bits per heavy atom. The van der Waals surface area contributed by atoms with Crippen molar-refractivity contribution in [2.24, 2.45) is 5.84 Å². The lowest BCUT2D eigenvalue weighted by molar-refractivity contribution is 1.16. The highest BCUT2D eigenvalue weighted by molar-refractivity contribution is 7.16. The van der Waals surface area contributed by atoms with E-state index < -0.39 is 0 Å². The van der Waals surface area contributed by atoms with E-state index in [9.17, 15) is 0 Å². The molecule has 0 spiro atoms. The van der Waals surface area contributed by atoms with Crippen LogP contribution >= 0.6 is 46.1 Å². The number of nitrogen functional groups attached to an aromatic ring is 1. The topological polar surface area (TPSA) is 75.9 Å². The number of aromatic nitrogens is 2. The minimum atomic E-state index is 0.309. The maximum Gasteiger partial charge on any atom is 0.240 e. The lowest BCUT2D eigenvalue weighted by atomic mass is 10.3. The van der Waals surface area contributed by atoms with Crippen LogP contribution in [-0.2, 0) is 0 Å². The van der Waals surface area contributed by atoms with E-state index in [0.717, 1.165) is 10.2 Å². The number of halogens is 3. The van der Waals surface area contributed by atoms with Crippen molar-refractivity contribution < 1.29 is 0 Å². The highest BCUT2D eigenvalue weighted by Crippen LogP contribution is 2.35. The number of nitrogens with zero attached hydrogens (tertiary/aromatic N) is 2. The van der Waals surface area contributed by atoms with Crippen LogP contribution in [0.2, 0.25) is 15.1 Å². The number of nitrogens with one attached hydrogen (secondary N) is 2. The number of hydrogen-bond donors (Lipinski definition) is 3. The van der Waals surface area contributed by atoms with Crippen LogP contribution in [0.5, 0.6) is 0 Å². The summed E-state index contributed by atoms with van der Waals surface area (Å²) in [4.78, 5) is 9.36. The van der Waals surface area contributed by atoms with Gasteiger partial charge < -0.3 is 5.32 Å². The summed E-state index contributed by atoms with van der Waals surface area (Å²) in [5, 5.41) is 7.14. The molecule has 0 radical (unpaired) electrons. The van der Waals surface area contributed by atoms with Crippen LogP contribution < -0.4 is 16.6 Å². The highest BCUT2D eigenvalue weighted by atomic mass is 35.5. The van der Waals surface area contributed by atoms with Crippen molar-refractivity contribution in [1.29, 1.82) is 0 Å². The third-order valence-electron chi connectivity index (χ3n) is 2.72. The Hall–Kier alpha value is -1.31. The number of benzene rings is 1. The highest BCUT2D eigenvalue weighted by Gasteiger charge is 2.12. The zero-order chi connectivity index (χ0) is 15.0. The van der Waals surface area contributed by atoms with E-state index in [-0.39, 0.29) is 0 Å². The minimum Gasteiger partial charge on any atom is -0.338 e. The molecule has 9 heteroatoms. The molecule has 2 aromatic heterocycles. The molecule has 0 saturated heterocycles. The van der Waals surface area contributed by atoms with E-state index in [4.69, 9.17) is 40.6 Å². The van der Waals surface area contributed by atoms with Gasteiger partial charge in [0.2, 0.25) is 5.95 Å². The van der Waals surface area contributed by atoms with E-state index in [1.807, 2.05) is 11.4 Å². The molecule has 0 aliphatic heterocycles. The van der Waals surface area contributed by atoms with Gasteiger partial charge >= 0.3 is 0 Å². The molecule has 0 aliphatic rings. The lowest BCUT2D eigenvalue weighted by Crippen LogP contribution is -2.11. The molecule has 0 unspecified atom stereocenters. The first-order chi connectivity index (χ1) is 10.1. The fourth-order valence-corrected chi connectivity index (χ4v) is 3.12. The monoisotopic (exact) mass is 359 g/mol. The molecule has 3 aromatic rings. The summed E-state index contributed by atoms with van der Waals surface area (Å²) in [5.74, 6) is 6.27. The minimum absolute atomic E-state index is 0.309. The van der Waals surface area contributed by atoms with Gasteiger partial charge in [0.25, 0.3) is 0 Å².